The first-order valence-electron chi connectivity index (χ1n) is 8.24. The molecule has 8 heteroatoms. The largest absolute Gasteiger partial charge is 0.504 e. The van der Waals surface area contributed by atoms with E-state index in [-0.39, 0.29) is 18.2 Å². The fraction of sp³-hybridized carbons (Fsp3) is 0.211. The zero-order chi connectivity index (χ0) is 19.6. The van der Waals surface area contributed by atoms with Crippen LogP contribution in [0.1, 0.15) is 22.8 Å². The molecule has 27 heavy (non-hydrogen) atoms. The first-order chi connectivity index (χ1) is 13.0. The molecule has 0 unspecified atom stereocenters. The number of phenols is 1. The number of nitrogens with zero attached hydrogens (tertiary/aromatic N) is 1. The molecule has 2 amide bonds. The summed E-state index contributed by atoms with van der Waals surface area (Å²) in [5.74, 6) is -0.00726. The monoisotopic (exact) mass is 371 g/mol. The third-order valence-corrected chi connectivity index (χ3v) is 3.48. The van der Waals surface area contributed by atoms with Gasteiger partial charge in [-0.05, 0) is 43.3 Å². The average molecular weight is 371 g/mol. The highest BCUT2D eigenvalue weighted by Gasteiger charge is 2.08. The molecule has 3 N–H and O–H groups in total. The Labute approximate surface area is 156 Å². The summed E-state index contributed by atoms with van der Waals surface area (Å²) in [7, 11) is 1.44. The number of hydrogen-bond donors (Lipinski definition) is 3. The van der Waals surface area contributed by atoms with Crippen molar-refractivity contribution in [2.75, 3.05) is 20.3 Å². The van der Waals surface area contributed by atoms with Gasteiger partial charge in [-0.25, -0.2) is 5.43 Å². The molecule has 142 valence electrons. The molecule has 2 aromatic rings. The molecule has 2 aromatic carbocycles. The molecule has 0 bridgehead atoms. The number of aromatic hydroxyl groups is 1. The number of hydrogen-bond acceptors (Lipinski definition) is 6. The van der Waals surface area contributed by atoms with Crippen LogP contribution in [0.3, 0.4) is 0 Å². The summed E-state index contributed by atoms with van der Waals surface area (Å²) in [6, 6.07) is 11.5. The molecule has 8 nitrogen and oxygen atoms in total. The number of carbonyl (C=O) groups excluding carboxylic acids is 2. The van der Waals surface area contributed by atoms with E-state index in [9.17, 15) is 14.7 Å². The van der Waals surface area contributed by atoms with Crippen LogP contribution >= 0.6 is 0 Å². The second kappa shape index (κ2) is 9.81. The molecule has 0 aliphatic rings. The van der Waals surface area contributed by atoms with E-state index >= 15 is 0 Å². The molecule has 0 aromatic heterocycles. The highest BCUT2D eigenvalue weighted by Crippen LogP contribution is 2.27. The van der Waals surface area contributed by atoms with Crippen molar-refractivity contribution < 1.29 is 24.2 Å². The molecule has 0 radical (unpaired) electrons. The highest BCUT2D eigenvalue weighted by atomic mass is 16.5. The molecule has 0 atom stereocenters. The average Bonchev–Trinajstić information content (AvgIpc) is 2.68. The SMILES string of the molecule is CCOc1ccc(C(=O)NCC(=O)NN=Cc2cccc(OC)c2O)cc1. The number of amides is 2. The molecular formula is C19H21N3O5. The van der Waals surface area contributed by atoms with Crippen molar-refractivity contribution in [3.8, 4) is 17.2 Å². The van der Waals surface area contributed by atoms with E-state index in [2.05, 4.69) is 15.8 Å². The first-order valence-corrected chi connectivity index (χ1v) is 8.24. The van der Waals surface area contributed by atoms with Crippen molar-refractivity contribution in [3.05, 3.63) is 53.6 Å². The summed E-state index contributed by atoms with van der Waals surface area (Å²) in [4.78, 5) is 23.8. The van der Waals surface area contributed by atoms with Gasteiger partial charge in [0.25, 0.3) is 11.8 Å². The summed E-state index contributed by atoms with van der Waals surface area (Å²) >= 11 is 0. The zero-order valence-electron chi connectivity index (χ0n) is 15.1. The van der Waals surface area contributed by atoms with Crippen LogP contribution in [0.4, 0.5) is 0 Å². The van der Waals surface area contributed by atoms with Crippen LogP contribution < -0.4 is 20.2 Å². The number of para-hydroxylation sites is 1. The number of rotatable bonds is 8. The Morgan fingerprint density at radius 1 is 1.19 bits per heavy atom. The molecule has 0 aliphatic carbocycles. The second-order valence-electron chi connectivity index (χ2n) is 5.33. The molecule has 0 heterocycles. The molecular weight excluding hydrogens is 350 g/mol. The van der Waals surface area contributed by atoms with Gasteiger partial charge in [0, 0.05) is 11.1 Å². The summed E-state index contributed by atoms with van der Waals surface area (Å²) in [6.07, 6.45) is 1.28. The van der Waals surface area contributed by atoms with E-state index < -0.39 is 5.91 Å². The lowest BCUT2D eigenvalue weighted by Crippen LogP contribution is -2.34. The molecule has 2 rings (SSSR count). The van der Waals surface area contributed by atoms with Gasteiger partial charge in [0.2, 0.25) is 0 Å². The maximum absolute atomic E-state index is 12.0. The van der Waals surface area contributed by atoms with Gasteiger partial charge in [-0.2, -0.15) is 5.10 Å². The predicted octanol–water partition coefficient (Wildman–Crippen LogP) is 1.68. The topological polar surface area (TPSA) is 109 Å². The van der Waals surface area contributed by atoms with Gasteiger partial charge in [-0.1, -0.05) is 6.07 Å². The van der Waals surface area contributed by atoms with E-state index in [0.717, 1.165) is 0 Å². The second-order valence-corrected chi connectivity index (χ2v) is 5.33. The lowest BCUT2D eigenvalue weighted by molar-refractivity contribution is -0.120. The zero-order valence-corrected chi connectivity index (χ0v) is 15.1. The van der Waals surface area contributed by atoms with E-state index in [1.165, 1.54) is 13.3 Å². The van der Waals surface area contributed by atoms with Crippen LogP contribution in [0.25, 0.3) is 0 Å². The Kier molecular flexibility index (Phi) is 7.18. The van der Waals surface area contributed by atoms with Crippen molar-refractivity contribution in [1.82, 2.24) is 10.7 Å². The Morgan fingerprint density at radius 3 is 2.59 bits per heavy atom. The minimum atomic E-state index is -0.507. The van der Waals surface area contributed by atoms with Gasteiger partial charge in [0.05, 0.1) is 26.5 Å². The summed E-state index contributed by atoms with van der Waals surface area (Å²) in [5.41, 5.74) is 3.07. The van der Waals surface area contributed by atoms with Gasteiger partial charge >= 0.3 is 0 Å². The molecule has 0 saturated heterocycles. The quantitative estimate of drug-likeness (QED) is 0.483. The Hall–Kier alpha value is -3.55. The van der Waals surface area contributed by atoms with Gasteiger partial charge in [0.1, 0.15) is 5.75 Å². The molecule has 0 fully saturated rings. The van der Waals surface area contributed by atoms with E-state index in [1.807, 2.05) is 6.92 Å². The molecule has 0 aliphatic heterocycles. The normalized spacial score (nSPS) is 10.4. The van der Waals surface area contributed by atoms with Crippen LogP contribution in [-0.4, -0.2) is 43.4 Å². The van der Waals surface area contributed by atoms with Gasteiger partial charge in [-0.3, -0.25) is 9.59 Å². The fourth-order valence-corrected chi connectivity index (χ4v) is 2.15. The Bertz CT molecular complexity index is 819. The number of phenolic OH excluding ortho intramolecular Hbond substituents is 1. The third-order valence-electron chi connectivity index (χ3n) is 3.48. The fourth-order valence-electron chi connectivity index (χ4n) is 2.15. The van der Waals surface area contributed by atoms with Gasteiger partial charge < -0.3 is 19.9 Å². The lowest BCUT2D eigenvalue weighted by Gasteiger charge is -2.06. The maximum atomic E-state index is 12.0. The van der Waals surface area contributed by atoms with Crippen LogP contribution in [0.5, 0.6) is 17.2 Å². The molecule has 0 saturated carbocycles. The van der Waals surface area contributed by atoms with E-state index in [1.54, 1.807) is 42.5 Å². The molecule has 0 spiro atoms. The van der Waals surface area contributed by atoms with Crippen molar-refractivity contribution in [3.63, 3.8) is 0 Å². The third kappa shape index (κ3) is 5.74. The van der Waals surface area contributed by atoms with Gasteiger partial charge in [-0.15, -0.1) is 0 Å². The van der Waals surface area contributed by atoms with Crippen molar-refractivity contribution in [1.29, 1.82) is 0 Å². The minimum Gasteiger partial charge on any atom is -0.504 e. The predicted molar refractivity (Wildman–Crippen MR) is 100 cm³/mol. The smallest absolute Gasteiger partial charge is 0.259 e. The van der Waals surface area contributed by atoms with Crippen LogP contribution in [-0.2, 0) is 4.79 Å². The Morgan fingerprint density at radius 2 is 1.93 bits per heavy atom. The first kappa shape index (κ1) is 19.8. The number of methoxy groups -OCH3 is 1. The highest BCUT2D eigenvalue weighted by molar-refractivity contribution is 5.96. The van der Waals surface area contributed by atoms with Crippen LogP contribution in [0.2, 0.25) is 0 Å². The number of nitrogens with one attached hydrogen (secondary N) is 2. The summed E-state index contributed by atoms with van der Waals surface area (Å²) < 4.78 is 10.3. The minimum absolute atomic E-state index is 0.0817. The standard InChI is InChI=1S/C19H21N3O5/c1-3-27-15-9-7-13(8-10-15)19(25)20-12-17(23)22-21-11-14-5-4-6-16(26-2)18(14)24/h4-11,24H,3,12H2,1-2H3,(H,20,25)(H,22,23). The van der Waals surface area contributed by atoms with Crippen LogP contribution in [0.15, 0.2) is 47.6 Å². The van der Waals surface area contributed by atoms with Crippen molar-refractivity contribution >= 4 is 18.0 Å². The number of ether oxygens (including phenoxy) is 2. The Balaban J connectivity index is 1.83. The summed E-state index contributed by atoms with van der Waals surface area (Å²) in [5, 5.41) is 16.2. The van der Waals surface area contributed by atoms with Gasteiger partial charge in [0.15, 0.2) is 11.5 Å². The maximum Gasteiger partial charge on any atom is 0.259 e. The summed E-state index contributed by atoms with van der Waals surface area (Å²) in [6.45, 7) is 2.17. The number of hydrazone groups is 1. The van der Waals surface area contributed by atoms with Crippen LogP contribution in [0, 0.1) is 0 Å². The van der Waals surface area contributed by atoms with Crippen molar-refractivity contribution in [2.24, 2.45) is 5.10 Å². The van der Waals surface area contributed by atoms with E-state index in [4.69, 9.17) is 9.47 Å². The number of carbonyl (C=O) groups is 2. The van der Waals surface area contributed by atoms with Crippen molar-refractivity contribution in [2.45, 2.75) is 6.92 Å². The lowest BCUT2D eigenvalue weighted by atomic mass is 10.2. The van der Waals surface area contributed by atoms with E-state index in [0.29, 0.717) is 29.2 Å². The number of benzene rings is 2.